The highest BCUT2D eigenvalue weighted by molar-refractivity contribution is 6.06. The summed E-state index contributed by atoms with van der Waals surface area (Å²) in [5, 5.41) is 10.5. The van der Waals surface area contributed by atoms with Crippen molar-refractivity contribution < 1.29 is 22.4 Å². The van der Waals surface area contributed by atoms with Crippen LogP contribution in [0.5, 0.6) is 0 Å². The lowest BCUT2D eigenvalue weighted by molar-refractivity contribution is -0.137. The number of amides is 1. The number of pyridine rings is 1. The van der Waals surface area contributed by atoms with Crippen LogP contribution in [0.4, 0.5) is 23.2 Å². The van der Waals surface area contributed by atoms with E-state index >= 15 is 0 Å². The quantitative estimate of drug-likeness (QED) is 0.450. The van der Waals surface area contributed by atoms with Crippen molar-refractivity contribution in [3.05, 3.63) is 89.5 Å². The molecule has 1 amide bonds. The van der Waals surface area contributed by atoms with Crippen LogP contribution < -0.4 is 5.32 Å². The number of carbonyl (C=O) groups is 1. The van der Waals surface area contributed by atoms with Gasteiger partial charge in [-0.1, -0.05) is 11.3 Å². The Bertz CT molecular complexity index is 1270. The van der Waals surface area contributed by atoms with Crippen molar-refractivity contribution in [2.75, 3.05) is 5.32 Å². The van der Waals surface area contributed by atoms with Gasteiger partial charge in [0.05, 0.1) is 16.9 Å². The van der Waals surface area contributed by atoms with E-state index in [9.17, 15) is 22.4 Å². The number of benzene rings is 2. The molecule has 0 saturated carbocycles. The molecule has 0 aliphatic heterocycles. The molecule has 2 aromatic carbocycles. The van der Waals surface area contributed by atoms with E-state index in [4.69, 9.17) is 0 Å². The van der Waals surface area contributed by atoms with E-state index in [1.165, 1.54) is 23.0 Å². The smallest absolute Gasteiger partial charge is 0.321 e. The zero-order valence-electron chi connectivity index (χ0n) is 16.6. The number of hydrogen-bond acceptors (Lipinski definition) is 4. The SMILES string of the molecule is Cc1cc(-n2nnc(C(=O)Nc3ccc(C(F)(F)F)cc3)c2-c2ccccn2)ccc1F. The minimum absolute atomic E-state index is 0.0921. The van der Waals surface area contributed by atoms with Gasteiger partial charge in [0.25, 0.3) is 5.91 Å². The number of halogens is 4. The number of aromatic nitrogens is 4. The molecule has 0 aliphatic rings. The molecule has 2 aromatic heterocycles. The van der Waals surface area contributed by atoms with E-state index in [-0.39, 0.29) is 17.1 Å². The monoisotopic (exact) mass is 441 g/mol. The molecule has 162 valence electrons. The summed E-state index contributed by atoms with van der Waals surface area (Å²) >= 11 is 0. The summed E-state index contributed by atoms with van der Waals surface area (Å²) < 4.78 is 53.4. The van der Waals surface area contributed by atoms with Gasteiger partial charge >= 0.3 is 6.18 Å². The third-order valence-corrected chi connectivity index (χ3v) is 4.65. The van der Waals surface area contributed by atoms with Crippen LogP contribution in [0, 0.1) is 12.7 Å². The maximum Gasteiger partial charge on any atom is 0.416 e. The Morgan fingerprint density at radius 3 is 2.41 bits per heavy atom. The Morgan fingerprint density at radius 2 is 1.78 bits per heavy atom. The van der Waals surface area contributed by atoms with Crippen molar-refractivity contribution in [3.63, 3.8) is 0 Å². The van der Waals surface area contributed by atoms with Gasteiger partial charge in [-0.2, -0.15) is 13.2 Å². The lowest BCUT2D eigenvalue weighted by atomic mass is 10.1. The van der Waals surface area contributed by atoms with Crippen LogP contribution in [0.3, 0.4) is 0 Å². The van der Waals surface area contributed by atoms with Crippen molar-refractivity contribution >= 4 is 11.6 Å². The lowest BCUT2D eigenvalue weighted by Crippen LogP contribution is -2.15. The van der Waals surface area contributed by atoms with Crippen LogP contribution >= 0.6 is 0 Å². The van der Waals surface area contributed by atoms with Crippen LogP contribution in [-0.4, -0.2) is 25.9 Å². The minimum atomic E-state index is -4.48. The first kappa shape index (κ1) is 21.2. The van der Waals surface area contributed by atoms with Gasteiger partial charge in [0.2, 0.25) is 0 Å². The number of aryl methyl sites for hydroxylation is 1. The number of anilines is 1. The largest absolute Gasteiger partial charge is 0.416 e. The minimum Gasteiger partial charge on any atom is -0.321 e. The number of nitrogens with zero attached hydrogens (tertiary/aromatic N) is 4. The molecule has 0 atom stereocenters. The molecule has 6 nitrogen and oxygen atoms in total. The van der Waals surface area contributed by atoms with Crippen LogP contribution in [0.25, 0.3) is 17.1 Å². The van der Waals surface area contributed by atoms with Gasteiger partial charge in [-0.3, -0.25) is 9.78 Å². The Balaban J connectivity index is 1.73. The first-order valence-electron chi connectivity index (χ1n) is 9.36. The Hall–Kier alpha value is -4.08. The summed E-state index contributed by atoms with van der Waals surface area (Å²) in [6.45, 7) is 1.59. The second-order valence-electron chi connectivity index (χ2n) is 6.88. The van der Waals surface area contributed by atoms with Gasteiger partial charge in [-0.15, -0.1) is 5.10 Å². The molecule has 0 radical (unpaired) electrons. The predicted octanol–water partition coefficient (Wildman–Crippen LogP) is 5.05. The van der Waals surface area contributed by atoms with Gasteiger partial charge in [-0.05, 0) is 67.1 Å². The Labute approximate surface area is 179 Å². The standard InChI is InChI=1S/C22H15F4N5O/c1-13-12-16(9-10-17(13)23)31-20(18-4-2-3-11-27-18)19(29-30-31)21(32)28-15-7-5-14(6-8-15)22(24,25)26/h2-12H,1H3,(H,28,32). The molecule has 1 N–H and O–H groups in total. The molecule has 10 heteroatoms. The maximum atomic E-state index is 13.7. The normalized spacial score (nSPS) is 11.4. The number of alkyl halides is 3. The molecule has 4 rings (SSSR count). The predicted molar refractivity (Wildman–Crippen MR) is 109 cm³/mol. The molecule has 0 saturated heterocycles. The Morgan fingerprint density at radius 1 is 1.03 bits per heavy atom. The molecular weight excluding hydrogens is 426 g/mol. The number of nitrogens with one attached hydrogen (secondary N) is 1. The van der Waals surface area contributed by atoms with Crippen molar-refractivity contribution in [3.8, 4) is 17.1 Å². The third-order valence-electron chi connectivity index (χ3n) is 4.65. The fourth-order valence-electron chi connectivity index (χ4n) is 3.04. The second kappa shape index (κ2) is 8.22. The molecule has 0 spiro atoms. The lowest BCUT2D eigenvalue weighted by Gasteiger charge is -2.10. The highest BCUT2D eigenvalue weighted by Gasteiger charge is 2.30. The average molecular weight is 441 g/mol. The highest BCUT2D eigenvalue weighted by atomic mass is 19.4. The van der Waals surface area contributed by atoms with Gasteiger partial charge in [0.1, 0.15) is 11.5 Å². The van der Waals surface area contributed by atoms with Gasteiger partial charge in [0.15, 0.2) is 5.69 Å². The third kappa shape index (κ3) is 4.20. The summed E-state index contributed by atoms with van der Waals surface area (Å²) in [5.74, 6) is -1.08. The van der Waals surface area contributed by atoms with Crippen LogP contribution in [0.2, 0.25) is 0 Å². The summed E-state index contributed by atoms with van der Waals surface area (Å²) in [7, 11) is 0. The zero-order chi connectivity index (χ0) is 22.9. The van der Waals surface area contributed by atoms with Crippen molar-refractivity contribution in [1.82, 2.24) is 20.0 Å². The molecule has 2 heterocycles. The first-order chi connectivity index (χ1) is 15.2. The number of hydrogen-bond donors (Lipinski definition) is 1. The number of carbonyl (C=O) groups excluding carboxylic acids is 1. The summed E-state index contributed by atoms with van der Waals surface area (Å²) in [4.78, 5) is 17.2. The molecule has 4 aromatic rings. The van der Waals surface area contributed by atoms with Gasteiger partial charge in [-0.25, -0.2) is 9.07 Å². The fraction of sp³-hybridized carbons (Fsp3) is 0.0909. The van der Waals surface area contributed by atoms with Gasteiger partial charge in [0, 0.05) is 11.9 Å². The average Bonchev–Trinajstić information content (AvgIpc) is 3.21. The maximum absolute atomic E-state index is 13.7. The van der Waals surface area contributed by atoms with E-state index < -0.39 is 23.5 Å². The summed E-state index contributed by atoms with van der Waals surface area (Å²) in [5.41, 5.74) is 0.708. The topological polar surface area (TPSA) is 72.7 Å². The summed E-state index contributed by atoms with van der Waals surface area (Å²) in [6, 6.07) is 13.4. The zero-order valence-corrected chi connectivity index (χ0v) is 16.6. The number of rotatable bonds is 4. The van der Waals surface area contributed by atoms with Crippen LogP contribution in [-0.2, 0) is 6.18 Å². The first-order valence-corrected chi connectivity index (χ1v) is 9.36. The fourth-order valence-corrected chi connectivity index (χ4v) is 3.04. The van der Waals surface area contributed by atoms with Crippen molar-refractivity contribution in [2.45, 2.75) is 13.1 Å². The van der Waals surface area contributed by atoms with E-state index in [2.05, 4.69) is 20.6 Å². The molecule has 0 unspecified atom stereocenters. The Kier molecular flexibility index (Phi) is 5.43. The second-order valence-corrected chi connectivity index (χ2v) is 6.88. The molecule has 0 fully saturated rings. The van der Waals surface area contributed by atoms with E-state index in [0.29, 0.717) is 16.9 Å². The molecule has 0 aliphatic carbocycles. The van der Waals surface area contributed by atoms with Crippen LogP contribution in [0.15, 0.2) is 66.9 Å². The van der Waals surface area contributed by atoms with Crippen molar-refractivity contribution in [2.24, 2.45) is 0 Å². The van der Waals surface area contributed by atoms with E-state index in [0.717, 1.165) is 24.3 Å². The molecular formula is C22H15F4N5O. The summed E-state index contributed by atoms with van der Waals surface area (Å²) in [6.07, 6.45) is -2.95. The van der Waals surface area contributed by atoms with Crippen LogP contribution in [0.1, 0.15) is 21.6 Å². The van der Waals surface area contributed by atoms with E-state index in [1.54, 1.807) is 31.2 Å². The highest BCUT2D eigenvalue weighted by Crippen LogP contribution is 2.30. The molecule has 0 bridgehead atoms. The van der Waals surface area contributed by atoms with Gasteiger partial charge < -0.3 is 5.32 Å². The van der Waals surface area contributed by atoms with Crippen molar-refractivity contribution in [1.29, 1.82) is 0 Å². The van der Waals surface area contributed by atoms with E-state index in [1.807, 2.05) is 0 Å². The molecule has 32 heavy (non-hydrogen) atoms.